The molecule has 1 aromatic heterocycles. The number of carbonyl (C=O) groups is 1. The Labute approximate surface area is 154 Å². The quantitative estimate of drug-likeness (QED) is 0.861. The standard InChI is InChI=1S/C21H26N2OS/c1-15-9-10-17-18(14-23-11-5-6-12-23)21(25-19(17)13-15)22-20(24)16-7-3-2-4-8-16/h2-4,7-8,15H,5-6,9-14H2,1H3,(H,22,24)/t15-/m0/s1. The van der Waals surface area contributed by atoms with Gasteiger partial charge in [-0.1, -0.05) is 25.1 Å². The number of nitrogens with zero attached hydrogens (tertiary/aromatic N) is 1. The van der Waals surface area contributed by atoms with Gasteiger partial charge in [0, 0.05) is 22.5 Å². The largest absolute Gasteiger partial charge is 0.313 e. The van der Waals surface area contributed by atoms with Crippen LogP contribution < -0.4 is 5.32 Å². The lowest BCUT2D eigenvalue weighted by Gasteiger charge is -2.21. The second-order valence-electron chi connectivity index (χ2n) is 7.46. The van der Waals surface area contributed by atoms with Crippen molar-refractivity contribution in [3.05, 3.63) is 51.9 Å². The van der Waals surface area contributed by atoms with E-state index in [1.54, 1.807) is 0 Å². The molecule has 25 heavy (non-hydrogen) atoms. The van der Waals surface area contributed by atoms with E-state index in [1.165, 1.54) is 48.4 Å². The number of carbonyl (C=O) groups excluding carboxylic acids is 1. The summed E-state index contributed by atoms with van der Waals surface area (Å²) < 4.78 is 0. The molecule has 1 amide bonds. The monoisotopic (exact) mass is 354 g/mol. The lowest BCUT2D eigenvalue weighted by molar-refractivity contribution is 0.102. The fraction of sp³-hybridized carbons (Fsp3) is 0.476. The van der Waals surface area contributed by atoms with E-state index in [9.17, 15) is 4.79 Å². The Morgan fingerprint density at radius 3 is 2.76 bits per heavy atom. The molecule has 0 bridgehead atoms. The van der Waals surface area contributed by atoms with E-state index >= 15 is 0 Å². The molecule has 1 atom stereocenters. The first-order chi connectivity index (χ1) is 12.2. The molecule has 1 saturated heterocycles. The van der Waals surface area contributed by atoms with Crippen LogP contribution in [-0.4, -0.2) is 23.9 Å². The number of anilines is 1. The van der Waals surface area contributed by atoms with Crippen LogP contribution in [0.2, 0.25) is 0 Å². The third kappa shape index (κ3) is 3.65. The molecular weight excluding hydrogens is 328 g/mol. The summed E-state index contributed by atoms with van der Waals surface area (Å²) in [6.07, 6.45) is 6.19. The second-order valence-corrected chi connectivity index (χ2v) is 8.57. The summed E-state index contributed by atoms with van der Waals surface area (Å²) in [6.45, 7) is 5.70. The highest BCUT2D eigenvalue weighted by atomic mass is 32.1. The molecule has 132 valence electrons. The highest BCUT2D eigenvalue weighted by molar-refractivity contribution is 7.16. The zero-order chi connectivity index (χ0) is 17.2. The van der Waals surface area contributed by atoms with E-state index in [1.807, 2.05) is 41.7 Å². The van der Waals surface area contributed by atoms with Crippen LogP contribution in [0.3, 0.4) is 0 Å². The zero-order valence-electron chi connectivity index (χ0n) is 14.9. The number of likely N-dealkylation sites (tertiary alicyclic amines) is 1. The average Bonchev–Trinajstić information content (AvgIpc) is 3.24. The normalized spacial score (nSPS) is 20.4. The first-order valence-corrected chi connectivity index (χ1v) is 10.2. The number of fused-ring (bicyclic) bond motifs is 1. The number of nitrogens with one attached hydrogen (secondary N) is 1. The third-order valence-corrected chi connectivity index (χ3v) is 6.68. The molecule has 0 unspecified atom stereocenters. The zero-order valence-corrected chi connectivity index (χ0v) is 15.7. The molecule has 4 heteroatoms. The Balaban J connectivity index is 1.62. The molecule has 3 nitrogen and oxygen atoms in total. The highest BCUT2D eigenvalue weighted by Crippen LogP contribution is 2.40. The van der Waals surface area contributed by atoms with Crippen LogP contribution in [0.1, 0.15) is 52.5 Å². The van der Waals surface area contributed by atoms with Crippen molar-refractivity contribution in [2.24, 2.45) is 5.92 Å². The Hall–Kier alpha value is -1.65. The topological polar surface area (TPSA) is 32.3 Å². The van der Waals surface area contributed by atoms with E-state index in [0.717, 1.165) is 35.9 Å². The van der Waals surface area contributed by atoms with Gasteiger partial charge in [-0.05, 0) is 68.8 Å². The van der Waals surface area contributed by atoms with Gasteiger partial charge in [-0.3, -0.25) is 9.69 Å². The molecule has 1 fully saturated rings. The maximum absolute atomic E-state index is 12.7. The summed E-state index contributed by atoms with van der Waals surface area (Å²) in [5, 5.41) is 4.31. The van der Waals surface area contributed by atoms with Crippen molar-refractivity contribution in [1.82, 2.24) is 4.90 Å². The van der Waals surface area contributed by atoms with E-state index < -0.39 is 0 Å². The molecule has 1 aliphatic heterocycles. The Bertz CT molecular complexity index is 747. The molecule has 2 heterocycles. The van der Waals surface area contributed by atoms with Crippen LogP contribution in [0.15, 0.2) is 30.3 Å². The van der Waals surface area contributed by atoms with Gasteiger partial charge >= 0.3 is 0 Å². The minimum Gasteiger partial charge on any atom is -0.313 e. The van der Waals surface area contributed by atoms with Crippen molar-refractivity contribution in [3.8, 4) is 0 Å². The van der Waals surface area contributed by atoms with Gasteiger partial charge in [-0.15, -0.1) is 11.3 Å². The molecule has 0 radical (unpaired) electrons. The van der Waals surface area contributed by atoms with Crippen LogP contribution in [0, 0.1) is 5.92 Å². The van der Waals surface area contributed by atoms with Crippen LogP contribution in [-0.2, 0) is 19.4 Å². The van der Waals surface area contributed by atoms with Crippen LogP contribution >= 0.6 is 11.3 Å². The van der Waals surface area contributed by atoms with Crippen molar-refractivity contribution in [2.45, 2.75) is 45.6 Å². The lowest BCUT2D eigenvalue weighted by atomic mass is 9.88. The smallest absolute Gasteiger partial charge is 0.256 e. The highest BCUT2D eigenvalue weighted by Gasteiger charge is 2.26. The van der Waals surface area contributed by atoms with Gasteiger partial charge in [-0.25, -0.2) is 0 Å². The SMILES string of the molecule is C[C@H]1CCc2c(sc(NC(=O)c3ccccc3)c2CN2CCCC2)C1. The maximum atomic E-state index is 12.7. The van der Waals surface area contributed by atoms with E-state index in [0.29, 0.717) is 0 Å². The summed E-state index contributed by atoms with van der Waals surface area (Å²) in [6, 6.07) is 9.54. The predicted octanol–water partition coefficient (Wildman–Crippen LogP) is 4.72. The van der Waals surface area contributed by atoms with Crippen LogP contribution in [0.25, 0.3) is 0 Å². The van der Waals surface area contributed by atoms with Crippen molar-refractivity contribution < 1.29 is 4.79 Å². The molecule has 1 aromatic carbocycles. The Kier molecular flexibility index (Phi) is 4.91. The summed E-state index contributed by atoms with van der Waals surface area (Å²) in [5.74, 6) is 0.762. The second kappa shape index (κ2) is 7.30. The maximum Gasteiger partial charge on any atom is 0.256 e. The first kappa shape index (κ1) is 16.8. The van der Waals surface area contributed by atoms with E-state index in [-0.39, 0.29) is 5.91 Å². The van der Waals surface area contributed by atoms with Gasteiger partial charge in [0.1, 0.15) is 5.00 Å². The summed E-state index contributed by atoms with van der Waals surface area (Å²) in [4.78, 5) is 16.7. The van der Waals surface area contributed by atoms with E-state index in [4.69, 9.17) is 0 Å². The Morgan fingerprint density at radius 2 is 2.00 bits per heavy atom. The minimum absolute atomic E-state index is 0.00918. The number of amides is 1. The molecule has 0 saturated carbocycles. The van der Waals surface area contributed by atoms with Crippen LogP contribution in [0.4, 0.5) is 5.00 Å². The van der Waals surface area contributed by atoms with Gasteiger partial charge in [-0.2, -0.15) is 0 Å². The van der Waals surface area contributed by atoms with Gasteiger partial charge in [0.25, 0.3) is 5.91 Å². The molecule has 2 aromatic rings. The number of benzene rings is 1. The minimum atomic E-state index is 0.00918. The molecule has 0 spiro atoms. The lowest BCUT2D eigenvalue weighted by Crippen LogP contribution is -2.21. The van der Waals surface area contributed by atoms with Crippen molar-refractivity contribution in [1.29, 1.82) is 0 Å². The Morgan fingerprint density at radius 1 is 1.24 bits per heavy atom. The third-order valence-electron chi connectivity index (χ3n) is 5.46. The van der Waals surface area contributed by atoms with Gasteiger partial charge in [0.2, 0.25) is 0 Å². The van der Waals surface area contributed by atoms with Gasteiger partial charge in [0.05, 0.1) is 0 Å². The summed E-state index contributed by atoms with van der Waals surface area (Å²) in [5.41, 5.74) is 3.64. The molecule has 2 aliphatic rings. The number of hydrogen-bond donors (Lipinski definition) is 1. The molecular formula is C21H26N2OS. The molecule has 1 aliphatic carbocycles. The summed E-state index contributed by atoms with van der Waals surface area (Å²) in [7, 11) is 0. The average molecular weight is 355 g/mol. The van der Waals surface area contributed by atoms with Gasteiger partial charge in [0.15, 0.2) is 0 Å². The van der Waals surface area contributed by atoms with Crippen molar-refractivity contribution in [2.75, 3.05) is 18.4 Å². The predicted molar refractivity (Wildman–Crippen MR) is 104 cm³/mol. The van der Waals surface area contributed by atoms with Gasteiger partial charge < -0.3 is 5.32 Å². The fourth-order valence-corrected chi connectivity index (χ4v) is 5.43. The van der Waals surface area contributed by atoms with Crippen LogP contribution in [0.5, 0.6) is 0 Å². The fourth-order valence-electron chi connectivity index (χ4n) is 4.01. The number of thiophene rings is 1. The first-order valence-electron chi connectivity index (χ1n) is 9.43. The van der Waals surface area contributed by atoms with Crippen molar-refractivity contribution >= 4 is 22.2 Å². The molecule has 4 rings (SSSR count). The van der Waals surface area contributed by atoms with E-state index in [2.05, 4.69) is 17.1 Å². The number of hydrogen-bond acceptors (Lipinski definition) is 3. The molecule has 1 N–H and O–H groups in total. The number of rotatable bonds is 4. The summed E-state index contributed by atoms with van der Waals surface area (Å²) >= 11 is 1.81. The van der Waals surface area contributed by atoms with Crippen molar-refractivity contribution in [3.63, 3.8) is 0 Å².